The van der Waals surface area contributed by atoms with Gasteiger partial charge in [0.05, 0.1) is 5.60 Å². The SMILES string of the molecule is CCC1CCC(O)(C2=CCCCCCC2)CC1. The number of hydrogen-bond donors (Lipinski definition) is 1. The summed E-state index contributed by atoms with van der Waals surface area (Å²) in [5.74, 6) is 0.865. The van der Waals surface area contributed by atoms with Crippen LogP contribution in [0.1, 0.15) is 77.6 Å². The van der Waals surface area contributed by atoms with Gasteiger partial charge in [0.2, 0.25) is 0 Å². The summed E-state index contributed by atoms with van der Waals surface area (Å²) in [4.78, 5) is 0. The Hall–Kier alpha value is -0.300. The van der Waals surface area contributed by atoms with E-state index in [1.165, 1.54) is 56.9 Å². The van der Waals surface area contributed by atoms with Gasteiger partial charge >= 0.3 is 0 Å². The van der Waals surface area contributed by atoms with Crippen molar-refractivity contribution < 1.29 is 5.11 Å². The van der Waals surface area contributed by atoms with Crippen molar-refractivity contribution in [3.63, 3.8) is 0 Å². The second kappa shape index (κ2) is 6.04. The number of rotatable bonds is 2. The van der Waals surface area contributed by atoms with Gasteiger partial charge in [-0.2, -0.15) is 0 Å². The first kappa shape index (κ1) is 13.1. The first-order chi connectivity index (χ1) is 8.24. The molecule has 0 amide bonds. The molecule has 0 saturated heterocycles. The molecule has 0 aromatic carbocycles. The van der Waals surface area contributed by atoms with E-state index < -0.39 is 5.60 Å². The highest BCUT2D eigenvalue weighted by atomic mass is 16.3. The molecule has 0 spiro atoms. The zero-order chi connectivity index (χ0) is 12.1. The molecule has 1 saturated carbocycles. The molecule has 0 bridgehead atoms. The van der Waals surface area contributed by atoms with Crippen LogP contribution >= 0.6 is 0 Å². The molecule has 0 radical (unpaired) electrons. The number of hydrogen-bond acceptors (Lipinski definition) is 1. The van der Waals surface area contributed by atoms with E-state index in [1.54, 1.807) is 0 Å². The van der Waals surface area contributed by atoms with Crippen molar-refractivity contribution in [2.24, 2.45) is 5.92 Å². The zero-order valence-corrected chi connectivity index (χ0v) is 11.4. The predicted molar refractivity (Wildman–Crippen MR) is 73.0 cm³/mol. The van der Waals surface area contributed by atoms with Gasteiger partial charge in [-0.05, 0) is 62.9 Å². The van der Waals surface area contributed by atoms with Crippen LogP contribution < -0.4 is 0 Å². The first-order valence-electron chi connectivity index (χ1n) is 7.66. The van der Waals surface area contributed by atoms with Crippen molar-refractivity contribution >= 4 is 0 Å². The summed E-state index contributed by atoms with van der Waals surface area (Å²) >= 11 is 0. The van der Waals surface area contributed by atoms with Gasteiger partial charge in [0.15, 0.2) is 0 Å². The monoisotopic (exact) mass is 236 g/mol. The molecule has 0 aromatic heterocycles. The molecule has 1 heteroatoms. The van der Waals surface area contributed by atoms with Crippen molar-refractivity contribution in [1.29, 1.82) is 0 Å². The van der Waals surface area contributed by atoms with Crippen LogP contribution in [0.3, 0.4) is 0 Å². The standard InChI is InChI=1S/C16H28O/c1-2-14-10-12-16(17,13-11-14)15-8-6-4-3-5-7-9-15/h8,14,17H,2-7,9-13H2,1H3. The molecule has 0 unspecified atom stereocenters. The van der Waals surface area contributed by atoms with E-state index in [9.17, 15) is 5.11 Å². The molecule has 0 heterocycles. The third-order valence-electron chi connectivity index (χ3n) is 4.90. The topological polar surface area (TPSA) is 20.2 Å². The molecule has 2 aliphatic rings. The van der Waals surface area contributed by atoms with Crippen LogP contribution in [0.2, 0.25) is 0 Å². The zero-order valence-electron chi connectivity index (χ0n) is 11.4. The van der Waals surface area contributed by atoms with Crippen LogP contribution in [-0.4, -0.2) is 10.7 Å². The Morgan fingerprint density at radius 1 is 1.18 bits per heavy atom. The summed E-state index contributed by atoms with van der Waals surface area (Å²) in [7, 11) is 0. The minimum Gasteiger partial charge on any atom is -0.386 e. The lowest BCUT2D eigenvalue weighted by molar-refractivity contribution is 0.0201. The summed E-state index contributed by atoms with van der Waals surface area (Å²) in [6.45, 7) is 2.28. The fraction of sp³-hybridized carbons (Fsp3) is 0.875. The van der Waals surface area contributed by atoms with Gasteiger partial charge < -0.3 is 5.11 Å². The van der Waals surface area contributed by atoms with Crippen molar-refractivity contribution in [3.05, 3.63) is 11.6 Å². The Balaban J connectivity index is 1.99. The molecule has 17 heavy (non-hydrogen) atoms. The molecular formula is C16H28O. The van der Waals surface area contributed by atoms with Crippen molar-refractivity contribution in [1.82, 2.24) is 0 Å². The molecular weight excluding hydrogens is 208 g/mol. The molecule has 1 N–H and O–H groups in total. The smallest absolute Gasteiger partial charge is 0.0857 e. The van der Waals surface area contributed by atoms with E-state index in [-0.39, 0.29) is 0 Å². The quantitative estimate of drug-likeness (QED) is 0.695. The molecule has 0 atom stereocenters. The van der Waals surface area contributed by atoms with Crippen molar-refractivity contribution in [2.45, 2.75) is 83.2 Å². The summed E-state index contributed by atoms with van der Waals surface area (Å²) in [6.07, 6.45) is 15.8. The van der Waals surface area contributed by atoms with Crippen molar-refractivity contribution in [3.8, 4) is 0 Å². The maximum atomic E-state index is 10.9. The second-order valence-electron chi connectivity index (χ2n) is 6.07. The predicted octanol–water partition coefficient (Wildman–Crippen LogP) is 4.60. The van der Waals surface area contributed by atoms with Gasteiger partial charge in [-0.25, -0.2) is 0 Å². The lowest BCUT2D eigenvalue weighted by Crippen LogP contribution is -2.36. The Bertz CT molecular complexity index is 259. The summed E-state index contributed by atoms with van der Waals surface area (Å²) in [5.41, 5.74) is 0.954. The number of aliphatic hydroxyl groups is 1. The molecule has 0 aromatic rings. The Morgan fingerprint density at radius 3 is 2.59 bits per heavy atom. The summed E-state index contributed by atoms with van der Waals surface area (Å²) in [6, 6.07) is 0. The second-order valence-corrected chi connectivity index (χ2v) is 6.07. The molecule has 98 valence electrons. The largest absolute Gasteiger partial charge is 0.386 e. The average Bonchev–Trinajstić information content (AvgIpc) is 2.29. The maximum absolute atomic E-state index is 10.9. The van der Waals surface area contributed by atoms with Gasteiger partial charge in [0.1, 0.15) is 0 Å². The van der Waals surface area contributed by atoms with Gasteiger partial charge in [0.25, 0.3) is 0 Å². The van der Waals surface area contributed by atoms with Crippen LogP contribution in [-0.2, 0) is 0 Å². The Morgan fingerprint density at radius 2 is 1.88 bits per heavy atom. The molecule has 1 nitrogen and oxygen atoms in total. The molecule has 1 fully saturated rings. The minimum atomic E-state index is -0.428. The average molecular weight is 236 g/mol. The van der Waals surface area contributed by atoms with E-state index >= 15 is 0 Å². The Labute approximate surface area is 106 Å². The van der Waals surface area contributed by atoms with E-state index in [4.69, 9.17) is 0 Å². The van der Waals surface area contributed by atoms with Crippen LogP contribution in [0.25, 0.3) is 0 Å². The van der Waals surface area contributed by atoms with Crippen LogP contribution in [0.5, 0.6) is 0 Å². The number of allylic oxidation sites excluding steroid dienone is 1. The third kappa shape index (κ3) is 3.34. The van der Waals surface area contributed by atoms with Gasteiger partial charge in [-0.1, -0.05) is 32.3 Å². The highest BCUT2D eigenvalue weighted by Crippen LogP contribution is 2.40. The fourth-order valence-corrected chi connectivity index (χ4v) is 3.50. The van der Waals surface area contributed by atoms with E-state index in [1.807, 2.05) is 0 Å². The summed E-state index contributed by atoms with van der Waals surface area (Å²) in [5, 5.41) is 10.9. The van der Waals surface area contributed by atoms with Crippen LogP contribution in [0.4, 0.5) is 0 Å². The lowest BCUT2D eigenvalue weighted by Gasteiger charge is -2.38. The normalized spacial score (nSPS) is 35.9. The minimum absolute atomic E-state index is 0.428. The lowest BCUT2D eigenvalue weighted by atomic mass is 9.72. The first-order valence-corrected chi connectivity index (χ1v) is 7.66. The fourth-order valence-electron chi connectivity index (χ4n) is 3.50. The van der Waals surface area contributed by atoms with Crippen LogP contribution in [0.15, 0.2) is 11.6 Å². The third-order valence-corrected chi connectivity index (χ3v) is 4.90. The molecule has 2 rings (SSSR count). The molecule has 0 aliphatic heterocycles. The van der Waals surface area contributed by atoms with Gasteiger partial charge in [0, 0.05) is 0 Å². The van der Waals surface area contributed by atoms with Crippen molar-refractivity contribution in [2.75, 3.05) is 0 Å². The van der Waals surface area contributed by atoms with Gasteiger partial charge in [-0.15, -0.1) is 0 Å². The highest BCUT2D eigenvalue weighted by molar-refractivity contribution is 5.18. The highest BCUT2D eigenvalue weighted by Gasteiger charge is 2.35. The maximum Gasteiger partial charge on any atom is 0.0857 e. The summed E-state index contributed by atoms with van der Waals surface area (Å²) < 4.78 is 0. The Kier molecular flexibility index (Phi) is 4.67. The van der Waals surface area contributed by atoms with E-state index in [0.29, 0.717) is 0 Å². The van der Waals surface area contributed by atoms with Crippen LogP contribution in [0, 0.1) is 5.92 Å². The van der Waals surface area contributed by atoms with E-state index in [2.05, 4.69) is 13.0 Å². The molecule has 2 aliphatic carbocycles. The van der Waals surface area contributed by atoms with Gasteiger partial charge in [-0.3, -0.25) is 0 Å². The van der Waals surface area contributed by atoms with E-state index in [0.717, 1.165) is 25.2 Å².